The molecule has 0 radical (unpaired) electrons. The van der Waals surface area contributed by atoms with E-state index in [1.54, 1.807) is 0 Å². The smallest absolute Gasteiger partial charge is 0.0678 e. The first-order valence-corrected chi connectivity index (χ1v) is 9.65. The van der Waals surface area contributed by atoms with Crippen LogP contribution in [-0.4, -0.2) is 54.7 Å². The van der Waals surface area contributed by atoms with Gasteiger partial charge in [0.1, 0.15) is 0 Å². The van der Waals surface area contributed by atoms with Crippen molar-refractivity contribution in [2.24, 2.45) is 5.92 Å². The van der Waals surface area contributed by atoms with Crippen LogP contribution >= 0.6 is 0 Å². The maximum absolute atomic E-state index is 5.86. The number of ether oxygens (including phenoxy) is 1. The topological polar surface area (TPSA) is 15.7 Å². The lowest BCUT2D eigenvalue weighted by molar-refractivity contribution is -0.0732. The minimum absolute atomic E-state index is 0.387. The van der Waals surface area contributed by atoms with Crippen LogP contribution in [0.5, 0.6) is 0 Å². The molecule has 2 saturated heterocycles. The van der Waals surface area contributed by atoms with Crippen molar-refractivity contribution < 1.29 is 4.74 Å². The van der Waals surface area contributed by atoms with Gasteiger partial charge in [0, 0.05) is 26.2 Å². The van der Waals surface area contributed by atoms with Crippen LogP contribution in [-0.2, 0) is 11.3 Å². The summed E-state index contributed by atoms with van der Waals surface area (Å²) in [6.45, 7) is 15.9. The molecule has 2 fully saturated rings. The van der Waals surface area contributed by atoms with Crippen LogP contribution in [0.1, 0.15) is 43.4 Å². The Balaban J connectivity index is 1.45. The molecule has 3 rings (SSSR count). The van der Waals surface area contributed by atoms with Crippen molar-refractivity contribution in [1.82, 2.24) is 9.80 Å². The van der Waals surface area contributed by atoms with Gasteiger partial charge in [0.15, 0.2) is 0 Å². The first-order chi connectivity index (χ1) is 11.5. The van der Waals surface area contributed by atoms with Crippen molar-refractivity contribution in [2.45, 2.75) is 59.3 Å². The van der Waals surface area contributed by atoms with Gasteiger partial charge < -0.3 is 4.74 Å². The van der Waals surface area contributed by atoms with E-state index < -0.39 is 0 Å². The van der Waals surface area contributed by atoms with E-state index in [1.165, 1.54) is 49.2 Å². The van der Waals surface area contributed by atoms with E-state index in [9.17, 15) is 0 Å². The normalized spacial score (nSPS) is 27.5. The fraction of sp³-hybridized carbons (Fsp3) is 0.714. The molecule has 24 heavy (non-hydrogen) atoms. The van der Waals surface area contributed by atoms with Gasteiger partial charge in [-0.25, -0.2) is 0 Å². The first kappa shape index (κ1) is 17.9. The summed E-state index contributed by atoms with van der Waals surface area (Å²) in [5.41, 5.74) is 4.24. The fourth-order valence-electron chi connectivity index (χ4n) is 4.54. The zero-order valence-corrected chi connectivity index (χ0v) is 15.9. The summed E-state index contributed by atoms with van der Waals surface area (Å²) in [7, 11) is 0. The highest BCUT2D eigenvalue weighted by Gasteiger charge is 2.26. The Hall–Kier alpha value is -0.900. The van der Waals surface area contributed by atoms with Crippen molar-refractivity contribution in [1.29, 1.82) is 0 Å². The second-order valence-electron chi connectivity index (χ2n) is 8.19. The third kappa shape index (κ3) is 5.05. The van der Waals surface area contributed by atoms with E-state index in [4.69, 9.17) is 4.74 Å². The minimum atomic E-state index is 0.387. The van der Waals surface area contributed by atoms with Crippen molar-refractivity contribution in [2.75, 3.05) is 32.7 Å². The highest BCUT2D eigenvalue weighted by Crippen LogP contribution is 2.22. The molecule has 2 atom stereocenters. The van der Waals surface area contributed by atoms with Gasteiger partial charge in [0.25, 0.3) is 0 Å². The van der Waals surface area contributed by atoms with Crippen LogP contribution in [0.3, 0.4) is 0 Å². The monoisotopic (exact) mass is 330 g/mol. The molecule has 0 spiro atoms. The van der Waals surface area contributed by atoms with Gasteiger partial charge in [0.2, 0.25) is 0 Å². The SMILES string of the molecule is Cc1cc(C)cc(CN2CCC(CN3CC(C)OC(C)C3)CC2)c1. The average Bonchev–Trinajstić information content (AvgIpc) is 2.47. The molecule has 3 nitrogen and oxygen atoms in total. The quantitative estimate of drug-likeness (QED) is 0.838. The van der Waals surface area contributed by atoms with E-state index in [0.29, 0.717) is 12.2 Å². The van der Waals surface area contributed by atoms with Crippen molar-refractivity contribution in [3.05, 3.63) is 34.9 Å². The first-order valence-electron chi connectivity index (χ1n) is 9.65. The average molecular weight is 331 g/mol. The third-order valence-corrected chi connectivity index (χ3v) is 5.41. The number of likely N-dealkylation sites (tertiary alicyclic amines) is 1. The standard InChI is InChI=1S/C21H34N2O/c1-16-9-17(2)11-21(10-16)15-22-7-5-20(6-8-22)14-23-12-18(3)24-19(4)13-23/h9-11,18-20H,5-8,12-15H2,1-4H3. The molecule has 134 valence electrons. The summed E-state index contributed by atoms with van der Waals surface area (Å²) in [5.74, 6) is 0.859. The third-order valence-electron chi connectivity index (χ3n) is 5.41. The lowest BCUT2D eigenvalue weighted by Crippen LogP contribution is -2.48. The summed E-state index contributed by atoms with van der Waals surface area (Å²) in [6.07, 6.45) is 3.45. The Morgan fingerprint density at radius 1 is 0.917 bits per heavy atom. The molecule has 0 bridgehead atoms. The Morgan fingerprint density at radius 3 is 2.08 bits per heavy atom. The van der Waals surface area contributed by atoms with Crippen molar-refractivity contribution in [3.63, 3.8) is 0 Å². The summed E-state index contributed by atoms with van der Waals surface area (Å²) >= 11 is 0. The van der Waals surface area contributed by atoms with Gasteiger partial charge in [-0.3, -0.25) is 9.80 Å². The maximum atomic E-state index is 5.86. The van der Waals surface area contributed by atoms with E-state index in [-0.39, 0.29) is 0 Å². The summed E-state index contributed by atoms with van der Waals surface area (Å²) in [4.78, 5) is 5.26. The van der Waals surface area contributed by atoms with Crippen LogP contribution in [0.15, 0.2) is 18.2 Å². The van der Waals surface area contributed by atoms with E-state index in [0.717, 1.165) is 25.6 Å². The number of aryl methyl sites for hydroxylation is 2. The largest absolute Gasteiger partial charge is 0.373 e. The molecule has 0 saturated carbocycles. The molecule has 1 aromatic carbocycles. The minimum Gasteiger partial charge on any atom is -0.373 e. The molecule has 0 N–H and O–H groups in total. The zero-order chi connectivity index (χ0) is 17.1. The molecule has 3 heteroatoms. The highest BCUT2D eigenvalue weighted by atomic mass is 16.5. The number of hydrogen-bond donors (Lipinski definition) is 0. The number of nitrogens with zero attached hydrogens (tertiary/aromatic N) is 2. The number of morpholine rings is 1. The molecule has 2 heterocycles. The van der Waals surface area contributed by atoms with Crippen LogP contribution in [0.4, 0.5) is 0 Å². The highest BCUT2D eigenvalue weighted by molar-refractivity contribution is 5.28. The Kier molecular flexibility index (Phi) is 5.96. The molecular formula is C21H34N2O. The lowest BCUT2D eigenvalue weighted by Gasteiger charge is -2.39. The van der Waals surface area contributed by atoms with Crippen LogP contribution < -0.4 is 0 Å². The molecule has 2 aliphatic rings. The summed E-state index contributed by atoms with van der Waals surface area (Å²) in [6, 6.07) is 6.95. The van der Waals surface area contributed by atoms with Gasteiger partial charge in [-0.1, -0.05) is 29.3 Å². The number of rotatable bonds is 4. The van der Waals surface area contributed by atoms with Crippen LogP contribution in [0.25, 0.3) is 0 Å². The number of benzene rings is 1. The van der Waals surface area contributed by atoms with E-state index in [1.807, 2.05) is 0 Å². The van der Waals surface area contributed by atoms with Crippen molar-refractivity contribution in [3.8, 4) is 0 Å². The lowest BCUT2D eigenvalue weighted by atomic mass is 9.95. The second-order valence-corrected chi connectivity index (χ2v) is 8.19. The van der Waals surface area contributed by atoms with E-state index >= 15 is 0 Å². The van der Waals surface area contributed by atoms with Crippen LogP contribution in [0.2, 0.25) is 0 Å². The molecule has 1 aromatic rings. The second kappa shape index (κ2) is 7.99. The molecule has 0 amide bonds. The van der Waals surface area contributed by atoms with Gasteiger partial charge in [0.05, 0.1) is 12.2 Å². The molecule has 2 unspecified atom stereocenters. The number of hydrogen-bond acceptors (Lipinski definition) is 3. The predicted octanol–water partition coefficient (Wildman–Crippen LogP) is 3.62. The Bertz CT molecular complexity index is 506. The summed E-state index contributed by atoms with van der Waals surface area (Å²) < 4.78 is 5.86. The van der Waals surface area contributed by atoms with Crippen LogP contribution in [0, 0.1) is 19.8 Å². The molecule has 0 aliphatic carbocycles. The molecule has 2 aliphatic heterocycles. The number of piperidine rings is 1. The zero-order valence-electron chi connectivity index (χ0n) is 15.9. The Labute approximate surface area is 148 Å². The molecule has 0 aromatic heterocycles. The summed E-state index contributed by atoms with van der Waals surface area (Å²) in [5, 5.41) is 0. The van der Waals surface area contributed by atoms with Crippen molar-refractivity contribution >= 4 is 0 Å². The maximum Gasteiger partial charge on any atom is 0.0678 e. The predicted molar refractivity (Wildman–Crippen MR) is 100 cm³/mol. The fourth-order valence-corrected chi connectivity index (χ4v) is 4.54. The van der Waals surface area contributed by atoms with Gasteiger partial charge in [-0.05, 0) is 65.1 Å². The Morgan fingerprint density at radius 2 is 1.50 bits per heavy atom. The van der Waals surface area contributed by atoms with Gasteiger partial charge in [-0.2, -0.15) is 0 Å². The van der Waals surface area contributed by atoms with Gasteiger partial charge >= 0.3 is 0 Å². The molecular weight excluding hydrogens is 296 g/mol. The van der Waals surface area contributed by atoms with Gasteiger partial charge in [-0.15, -0.1) is 0 Å². The van der Waals surface area contributed by atoms with E-state index in [2.05, 4.69) is 55.7 Å².